The van der Waals surface area contributed by atoms with E-state index in [2.05, 4.69) is 0 Å². The Bertz CT molecular complexity index is 434. The first kappa shape index (κ1) is 9.06. The number of hydrogen-bond donors (Lipinski definition) is 1. The highest BCUT2D eigenvalue weighted by Crippen LogP contribution is 2.21. The van der Waals surface area contributed by atoms with Crippen molar-refractivity contribution in [3.05, 3.63) is 30.5 Å². The van der Waals surface area contributed by atoms with Crippen molar-refractivity contribution in [2.24, 2.45) is 0 Å². The third-order valence-corrected chi connectivity index (χ3v) is 2.38. The van der Waals surface area contributed by atoms with Crippen LogP contribution in [-0.4, -0.2) is 11.2 Å². The summed E-state index contributed by atoms with van der Waals surface area (Å²) in [5.74, 6) is 0. The summed E-state index contributed by atoms with van der Waals surface area (Å²) >= 11 is 0. The predicted molar refractivity (Wildman–Crippen MR) is 56.9 cm³/mol. The Morgan fingerprint density at radius 2 is 2.14 bits per heavy atom. The van der Waals surface area contributed by atoms with E-state index in [-0.39, 0.29) is 6.67 Å². The molecule has 3 heteroatoms. The molecule has 0 saturated heterocycles. The first-order valence-electron chi connectivity index (χ1n) is 4.72. The number of benzene rings is 1. The van der Waals surface area contributed by atoms with Gasteiger partial charge in [-0.15, -0.1) is 0 Å². The van der Waals surface area contributed by atoms with Gasteiger partial charge in [0.2, 0.25) is 0 Å². The Labute approximate surface area is 82.1 Å². The molecule has 2 nitrogen and oxygen atoms in total. The molecule has 0 atom stereocenters. The summed E-state index contributed by atoms with van der Waals surface area (Å²) in [7, 11) is 0. The number of nitrogen functional groups attached to an aromatic ring is 1. The number of nitrogens with two attached hydrogens (primary N) is 1. The van der Waals surface area contributed by atoms with E-state index in [0.717, 1.165) is 16.6 Å². The van der Waals surface area contributed by atoms with Crippen molar-refractivity contribution in [2.75, 3.05) is 12.4 Å². The number of halogens is 1. The van der Waals surface area contributed by atoms with Gasteiger partial charge in [-0.25, -0.2) is 0 Å². The number of aromatic nitrogens is 1. The lowest BCUT2D eigenvalue weighted by atomic mass is 10.2. The lowest BCUT2D eigenvalue weighted by Crippen LogP contribution is -1.96. The summed E-state index contributed by atoms with van der Waals surface area (Å²) in [5.41, 5.74) is 7.67. The fourth-order valence-electron chi connectivity index (χ4n) is 1.67. The van der Waals surface area contributed by atoms with Crippen LogP contribution in [-0.2, 0) is 6.54 Å². The maximum Gasteiger partial charge on any atom is 0.0911 e. The minimum atomic E-state index is -0.276. The molecule has 14 heavy (non-hydrogen) atoms. The molecule has 0 spiro atoms. The van der Waals surface area contributed by atoms with Crippen LogP contribution in [0, 0.1) is 0 Å². The number of rotatable bonds is 3. The van der Waals surface area contributed by atoms with Crippen LogP contribution in [0.3, 0.4) is 0 Å². The molecule has 2 N–H and O–H groups in total. The molecule has 74 valence electrons. The van der Waals surface area contributed by atoms with Gasteiger partial charge in [0.25, 0.3) is 0 Å². The molecule has 0 radical (unpaired) electrons. The molecule has 2 aromatic rings. The third kappa shape index (κ3) is 1.45. The Morgan fingerprint density at radius 1 is 1.29 bits per heavy atom. The van der Waals surface area contributed by atoms with Gasteiger partial charge in [-0.05, 0) is 24.6 Å². The lowest BCUT2D eigenvalue weighted by Gasteiger charge is -2.03. The zero-order valence-corrected chi connectivity index (χ0v) is 7.91. The summed E-state index contributed by atoms with van der Waals surface area (Å²) in [6, 6.07) is 7.78. The highest BCUT2D eigenvalue weighted by Gasteiger charge is 2.02. The van der Waals surface area contributed by atoms with E-state index < -0.39 is 0 Å². The quantitative estimate of drug-likeness (QED) is 0.744. The molecule has 0 aliphatic carbocycles. The van der Waals surface area contributed by atoms with Crippen molar-refractivity contribution in [3.8, 4) is 0 Å². The summed E-state index contributed by atoms with van der Waals surface area (Å²) in [5, 5.41) is 1.05. The second-order valence-electron chi connectivity index (χ2n) is 3.33. The zero-order chi connectivity index (χ0) is 9.97. The van der Waals surface area contributed by atoms with Crippen LogP contribution >= 0.6 is 0 Å². The average molecular weight is 192 g/mol. The van der Waals surface area contributed by atoms with Gasteiger partial charge < -0.3 is 10.3 Å². The van der Waals surface area contributed by atoms with Crippen molar-refractivity contribution in [1.29, 1.82) is 0 Å². The molecular formula is C11H13FN2. The highest BCUT2D eigenvalue weighted by atomic mass is 19.1. The maximum absolute atomic E-state index is 12.0. The van der Waals surface area contributed by atoms with Gasteiger partial charge in [-0.3, -0.25) is 4.39 Å². The van der Waals surface area contributed by atoms with E-state index in [1.165, 1.54) is 0 Å². The minimum absolute atomic E-state index is 0.276. The van der Waals surface area contributed by atoms with Gasteiger partial charge >= 0.3 is 0 Å². The summed E-state index contributed by atoms with van der Waals surface area (Å²) in [6.45, 7) is 0.436. The van der Waals surface area contributed by atoms with E-state index in [9.17, 15) is 4.39 Å². The zero-order valence-electron chi connectivity index (χ0n) is 7.91. The van der Waals surface area contributed by atoms with Gasteiger partial charge in [0, 0.05) is 23.8 Å². The van der Waals surface area contributed by atoms with E-state index in [4.69, 9.17) is 5.73 Å². The number of alkyl halides is 1. The average Bonchev–Trinajstić information content (AvgIpc) is 2.60. The normalized spacial score (nSPS) is 10.9. The standard InChI is InChI=1S/C11H13FN2/c12-6-2-7-14-8-5-9-10(13)3-1-4-11(9)14/h1,3-5,8H,2,6-7,13H2. The van der Waals surface area contributed by atoms with Crippen molar-refractivity contribution >= 4 is 16.6 Å². The number of aryl methyl sites for hydroxylation is 1. The summed E-state index contributed by atoms with van der Waals surface area (Å²) in [4.78, 5) is 0. The van der Waals surface area contributed by atoms with Crippen molar-refractivity contribution in [1.82, 2.24) is 4.57 Å². The number of nitrogens with zero attached hydrogens (tertiary/aromatic N) is 1. The monoisotopic (exact) mass is 192 g/mol. The second kappa shape index (κ2) is 3.70. The largest absolute Gasteiger partial charge is 0.398 e. The Kier molecular flexibility index (Phi) is 2.39. The molecule has 1 aromatic carbocycles. The molecule has 2 rings (SSSR count). The van der Waals surface area contributed by atoms with Crippen LogP contribution in [0.5, 0.6) is 0 Å². The van der Waals surface area contributed by atoms with Crippen molar-refractivity contribution < 1.29 is 4.39 Å². The fraction of sp³-hybridized carbons (Fsp3) is 0.273. The van der Waals surface area contributed by atoms with Gasteiger partial charge in [-0.1, -0.05) is 6.07 Å². The Balaban J connectivity index is 2.42. The highest BCUT2D eigenvalue weighted by molar-refractivity contribution is 5.91. The van der Waals surface area contributed by atoms with E-state index >= 15 is 0 Å². The molecule has 0 fully saturated rings. The van der Waals surface area contributed by atoms with E-state index in [1.807, 2.05) is 35.0 Å². The van der Waals surface area contributed by atoms with Crippen molar-refractivity contribution in [2.45, 2.75) is 13.0 Å². The fourth-order valence-corrected chi connectivity index (χ4v) is 1.67. The smallest absolute Gasteiger partial charge is 0.0911 e. The van der Waals surface area contributed by atoms with Crippen molar-refractivity contribution in [3.63, 3.8) is 0 Å². The molecule has 0 aliphatic rings. The Morgan fingerprint density at radius 3 is 2.93 bits per heavy atom. The van der Waals surface area contributed by atoms with E-state index in [0.29, 0.717) is 13.0 Å². The predicted octanol–water partition coefficient (Wildman–Crippen LogP) is 2.58. The van der Waals surface area contributed by atoms with Crippen LogP contribution < -0.4 is 5.73 Å². The molecule has 1 aromatic heterocycles. The molecule has 0 unspecified atom stereocenters. The first-order chi connectivity index (χ1) is 6.83. The van der Waals surface area contributed by atoms with Crippen LogP contribution in [0.2, 0.25) is 0 Å². The van der Waals surface area contributed by atoms with Crippen LogP contribution in [0.4, 0.5) is 10.1 Å². The number of fused-ring (bicyclic) bond motifs is 1. The second-order valence-corrected chi connectivity index (χ2v) is 3.33. The third-order valence-electron chi connectivity index (χ3n) is 2.38. The molecule has 0 bridgehead atoms. The summed E-state index contributed by atoms with van der Waals surface area (Å²) in [6.07, 6.45) is 2.51. The van der Waals surface area contributed by atoms with Gasteiger partial charge in [0.15, 0.2) is 0 Å². The molecule has 1 heterocycles. The molecule has 0 aliphatic heterocycles. The van der Waals surface area contributed by atoms with Crippen LogP contribution in [0.25, 0.3) is 10.9 Å². The lowest BCUT2D eigenvalue weighted by molar-refractivity contribution is 0.450. The Hall–Kier alpha value is -1.51. The number of hydrogen-bond acceptors (Lipinski definition) is 1. The summed E-state index contributed by atoms with van der Waals surface area (Å²) < 4.78 is 14.1. The molecular weight excluding hydrogens is 179 g/mol. The first-order valence-corrected chi connectivity index (χ1v) is 4.72. The number of anilines is 1. The molecule has 0 amide bonds. The van der Waals surface area contributed by atoms with Crippen LogP contribution in [0.15, 0.2) is 30.5 Å². The van der Waals surface area contributed by atoms with Crippen LogP contribution in [0.1, 0.15) is 6.42 Å². The maximum atomic E-state index is 12.0. The van der Waals surface area contributed by atoms with E-state index in [1.54, 1.807) is 0 Å². The SMILES string of the molecule is Nc1cccc2c1ccn2CCCF. The minimum Gasteiger partial charge on any atom is -0.398 e. The van der Waals surface area contributed by atoms with Gasteiger partial charge in [-0.2, -0.15) is 0 Å². The topological polar surface area (TPSA) is 30.9 Å². The molecule has 0 saturated carbocycles. The van der Waals surface area contributed by atoms with Gasteiger partial charge in [0.1, 0.15) is 0 Å². The van der Waals surface area contributed by atoms with Gasteiger partial charge in [0.05, 0.1) is 12.2 Å².